The Bertz CT molecular complexity index is 692. The molecule has 0 bridgehead atoms. The van der Waals surface area contributed by atoms with Gasteiger partial charge in [0.1, 0.15) is 0 Å². The summed E-state index contributed by atoms with van der Waals surface area (Å²) in [7, 11) is 5.32. The monoisotopic (exact) mass is 316 g/mol. The molecule has 0 unspecified atom stereocenters. The van der Waals surface area contributed by atoms with Gasteiger partial charge in [-0.3, -0.25) is 9.67 Å². The van der Waals surface area contributed by atoms with Gasteiger partial charge in [-0.25, -0.2) is 4.98 Å². The Labute approximate surface area is 136 Å². The lowest BCUT2D eigenvalue weighted by Gasteiger charge is -2.13. The van der Waals surface area contributed by atoms with E-state index in [1.807, 2.05) is 30.8 Å². The number of hydrogen-bond acceptors (Lipinski definition) is 4. The highest BCUT2D eigenvalue weighted by Crippen LogP contribution is 2.13. The number of methoxy groups -OCH3 is 1. The Morgan fingerprint density at radius 1 is 1.30 bits per heavy atom. The molecule has 2 aromatic heterocycles. The zero-order valence-electron chi connectivity index (χ0n) is 14.3. The summed E-state index contributed by atoms with van der Waals surface area (Å²) in [5.74, 6) is 1.34. The second-order valence-electron chi connectivity index (χ2n) is 5.22. The SMILES string of the molecule is CN=C(NCc1cccnc1OC)NCc1c(C)nn(C)c1C. The van der Waals surface area contributed by atoms with Gasteiger partial charge in [0.25, 0.3) is 0 Å². The molecule has 124 valence electrons. The zero-order chi connectivity index (χ0) is 16.8. The number of pyridine rings is 1. The number of aromatic nitrogens is 3. The molecule has 7 nitrogen and oxygen atoms in total. The van der Waals surface area contributed by atoms with Crippen molar-refractivity contribution in [1.82, 2.24) is 25.4 Å². The fourth-order valence-corrected chi connectivity index (χ4v) is 2.39. The molecule has 2 heterocycles. The summed E-state index contributed by atoms with van der Waals surface area (Å²) < 4.78 is 7.14. The van der Waals surface area contributed by atoms with Crippen molar-refractivity contribution in [1.29, 1.82) is 0 Å². The predicted octanol–water partition coefficient (Wildman–Crippen LogP) is 1.31. The number of rotatable bonds is 5. The molecule has 0 saturated heterocycles. The van der Waals surface area contributed by atoms with E-state index in [4.69, 9.17) is 4.74 Å². The van der Waals surface area contributed by atoms with Crippen LogP contribution in [-0.4, -0.2) is 34.9 Å². The summed E-state index contributed by atoms with van der Waals surface area (Å²) in [5, 5.41) is 11.0. The largest absolute Gasteiger partial charge is 0.481 e. The van der Waals surface area contributed by atoms with E-state index in [1.54, 1.807) is 20.4 Å². The van der Waals surface area contributed by atoms with Crippen molar-refractivity contribution in [3.8, 4) is 5.88 Å². The van der Waals surface area contributed by atoms with Crippen LogP contribution in [0, 0.1) is 13.8 Å². The number of nitrogens with one attached hydrogen (secondary N) is 2. The number of nitrogens with zero attached hydrogens (tertiary/aromatic N) is 4. The molecule has 23 heavy (non-hydrogen) atoms. The topological polar surface area (TPSA) is 76.4 Å². The van der Waals surface area contributed by atoms with Crippen molar-refractivity contribution in [2.75, 3.05) is 14.2 Å². The predicted molar refractivity (Wildman–Crippen MR) is 90.5 cm³/mol. The molecule has 0 radical (unpaired) electrons. The highest BCUT2D eigenvalue weighted by atomic mass is 16.5. The second-order valence-corrected chi connectivity index (χ2v) is 5.22. The van der Waals surface area contributed by atoms with E-state index in [1.165, 1.54) is 5.56 Å². The number of ether oxygens (including phenoxy) is 1. The van der Waals surface area contributed by atoms with E-state index >= 15 is 0 Å². The number of aryl methyl sites for hydroxylation is 2. The molecule has 0 aromatic carbocycles. The lowest BCUT2D eigenvalue weighted by Crippen LogP contribution is -2.36. The molecule has 0 fully saturated rings. The van der Waals surface area contributed by atoms with Crippen molar-refractivity contribution >= 4 is 5.96 Å². The van der Waals surface area contributed by atoms with Crippen LogP contribution in [0.25, 0.3) is 0 Å². The molecule has 0 saturated carbocycles. The molecule has 0 aliphatic carbocycles. The molecule has 0 atom stereocenters. The first-order valence-electron chi connectivity index (χ1n) is 7.48. The molecule has 0 aliphatic heterocycles. The molecule has 0 amide bonds. The molecular formula is C16H24N6O. The fraction of sp³-hybridized carbons (Fsp3) is 0.438. The number of hydrogen-bond donors (Lipinski definition) is 2. The summed E-state index contributed by atoms with van der Waals surface area (Å²) >= 11 is 0. The Kier molecular flexibility index (Phi) is 5.56. The third-order valence-electron chi connectivity index (χ3n) is 3.80. The Morgan fingerprint density at radius 3 is 2.65 bits per heavy atom. The van der Waals surface area contributed by atoms with Crippen LogP contribution in [-0.2, 0) is 20.1 Å². The smallest absolute Gasteiger partial charge is 0.218 e. The minimum atomic E-state index is 0.585. The Hall–Kier alpha value is -2.57. The summed E-state index contributed by atoms with van der Waals surface area (Å²) in [6.07, 6.45) is 1.71. The molecule has 7 heteroatoms. The van der Waals surface area contributed by atoms with Gasteiger partial charge in [0.15, 0.2) is 5.96 Å². The number of guanidine groups is 1. The van der Waals surface area contributed by atoms with Crippen LogP contribution in [0.1, 0.15) is 22.5 Å². The highest BCUT2D eigenvalue weighted by molar-refractivity contribution is 5.79. The first kappa shape index (κ1) is 16.8. The summed E-state index contributed by atoms with van der Waals surface area (Å²) in [6.45, 7) is 5.34. The van der Waals surface area contributed by atoms with Crippen LogP contribution in [0.4, 0.5) is 0 Å². The maximum atomic E-state index is 5.25. The van der Waals surface area contributed by atoms with Crippen molar-refractivity contribution in [3.05, 3.63) is 40.8 Å². The molecule has 2 rings (SSSR count). The van der Waals surface area contributed by atoms with Crippen molar-refractivity contribution in [2.45, 2.75) is 26.9 Å². The highest BCUT2D eigenvalue weighted by Gasteiger charge is 2.10. The van der Waals surface area contributed by atoms with Gasteiger partial charge in [-0.15, -0.1) is 0 Å². The van der Waals surface area contributed by atoms with Crippen LogP contribution in [0.2, 0.25) is 0 Å². The van der Waals surface area contributed by atoms with E-state index in [9.17, 15) is 0 Å². The van der Waals surface area contributed by atoms with E-state index in [-0.39, 0.29) is 0 Å². The first-order chi connectivity index (χ1) is 11.1. The van der Waals surface area contributed by atoms with Gasteiger partial charge in [0.05, 0.1) is 12.8 Å². The van der Waals surface area contributed by atoms with Crippen LogP contribution < -0.4 is 15.4 Å². The maximum Gasteiger partial charge on any atom is 0.218 e. The molecule has 2 aromatic rings. The van der Waals surface area contributed by atoms with Crippen molar-refractivity contribution in [3.63, 3.8) is 0 Å². The van der Waals surface area contributed by atoms with Gasteiger partial charge in [-0.05, 0) is 19.9 Å². The van der Waals surface area contributed by atoms with Gasteiger partial charge < -0.3 is 15.4 Å². The second kappa shape index (κ2) is 7.62. The van der Waals surface area contributed by atoms with E-state index in [2.05, 4.69) is 32.6 Å². The summed E-state index contributed by atoms with van der Waals surface area (Å²) in [5.41, 5.74) is 4.35. The third-order valence-corrected chi connectivity index (χ3v) is 3.80. The minimum Gasteiger partial charge on any atom is -0.481 e. The van der Waals surface area contributed by atoms with E-state index < -0.39 is 0 Å². The standard InChI is InChI=1S/C16H24N6O/c1-11-14(12(2)22(4)21-11)10-20-16(17-3)19-9-13-7-6-8-18-15(13)23-5/h6-8H,9-10H2,1-5H3,(H2,17,19,20). The Balaban J connectivity index is 1.96. The lowest BCUT2D eigenvalue weighted by molar-refractivity contribution is 0.392. The lowest BCUT2D eigenvalue weighted by atomic mass is 10.2. The quantitative estimate of drug-likeness (QED) is 0.642. The summed E-state index contributed by atoms with van der Waals surface area (Å²) in [6, 6.07) is 3.86. The maximum absolute atomic E-state index is 5.25. The van der Waals surface area contributed by atoms with Gasteiger partial charge in [0.2, 0.25) is 5.88 Å². The first-order valence-corrected chi connectivity index (χ1v) is 7.48. The van der Waals surface area contributed by atoms with Crippen molar-refractivity contribution in [2.24, 2.45) is 12.0 Å². The van der Waals surface area contributed by atoms with Crippen LogP contribution in [0.15, 0.2) is 23.3 Å². The normalized spacial score (nSPS) is 11.4. The van der Waals surface area contributed by atoms with Crippen LogP contribution in [0.5, 0.6) is 5.88 Å². The van der Waals surface area contributed by atoms with Gasteiger partial charge in [-0.2, -0.15) is 5.10 Å². The molecular weight excluding hydrogens is 292 g/mol. The van der Waals surface area contributed by atoms with E-state index in [0.29, 0.717) is 19.0 Å². The minimum absolute atomic E-state index is 0.585. The van der Waals surface area contributed by atoms with Crippen LogP contribution >= 0.6 is 0 Å². The number of aliphatic imine (C=N–C) groups is 1. The molecule has 0 aliphatic rings. The molecule has 0 spiro atoms. The van der Waals surface area contributed by atoms with Crippen molar-refractivity contribution < 1.29 is 4.74 Å². The van der Waals surface area contributed by atoms with E-state index in [0.717, 1.165) is 22.9 Å². The molecule has 2 N–H and O–H groups in total. The summed E-state index contributed by atoms with van der Waals surface area (Å²) in [4.78, 5) is 8.43. The average Bonchev–Trinajstić information content (AvgIpc) is 2.81. The third kappa shape index (κ3) is 4.00. The average molecular weight is 316 g/mol. The van der Waals surface area contributed by atoms with Crippen LogP contribution in [0.3, 0.4) is 0 Å². The Morgan fingerprint density at radius 2 is 2.04 bits per heavy atom. The fourth-order valence-electron chi connectivity index (χ4n) is 2.39. The van der Waals surface area contributed by atoms with Gasteiger partial charge in [-0.1, -0.05) is 6.07 Å². The van der Waals surface area contributed by atoms with Gasteiger partial charge >= 0.3 is 0 Å². The zero-order valence-corrected chi connectivity index (χ0v) is 14.3. The van der Waals surface area contributed by atoms with Gasteiger partial charge in [0, 0.05) is 50.2 Å².